The van der Waals surface area contributed by atoms with Gasteiger partial charge in [0.25, 0.3) is 20.0 Å². The van der Waals surface area contributed by atoms with Crippen molar-refractivity contribution < 1.29 is 35.9 Å². The number of anilines is 1. The quantitative estimate of drug-likeness (QED) is 0.303. The molecule has 0 unspecified atom stereocenters. The van der Waals surface area contributed by atoms with Gasteiger partial charge in [0, 0.05) is 18.5 Å². The Kier molecular flexibility index (Phi) is 9.51. The molecule has 0 saturated carbocycles. The average Bonchev–Trinajstić information content (AvgIpc) is 3.55. The normalized spacial score (nSPS) is 16.1. The minimum absolute atomic E-state index is 0.0915. The van der Waals surface area contributed by atoms with Crippen molar-refractivity contribution in [1.29, 1.82) is 0 Å². The third kappa shape index (κ3) is 6.15. The van der Waals surface area contributed by atoms with Gasteiger partial charge in [0.15, 0.2) is 15.8 Å². The van der Waals surface area contributed by atoms with Crippen molar-refractivity contribution in [3.8, 4) is 5.75 Å². The molecule has 15 heteroatoms. The molecule has 0 aliphatic carbocycles. The van der Waals surface area contributed by atoms with Crippen molar-refractivity contribution in [3.05, 3.63) is 39.6 Å². The Morgan fingerprint density at radius 1 is 1.23 bits per heavy atom. The topological polar surface area (TPSA) is 168 Å². The highest BCUT2D eigenvalue weighted by atomic mass is 32.2. The van der Waals surface area contributed by atoms with Crippen molar-refractivity contribution in [2.45, 2.75) is 64.1 Å². The Hall–Kier alpha value is -2.88. The van der Waals surface area contributed by atoms with Crippen LogP contribution in [0.2, 0.25) is 0 Å². The smallest absolute Gasteiger partial charge is 0.354 e. The van der Waals surface area contributed by atoms with Gasteiger partial charge in [-0.15, -0.1) is 15.7 Å². The summed E-state index contributed by atoms with van der Waals surface area (Å²) >= 11 is 0.762. The van der Waals surface area contributed by atoms with E-state index in [1.54, 1.807) is 20.1 Å². The summed E-state index contributed by atoms with van der Waals surface area (Å²) in [5, 5.41) is 17.9. The largest absolute Gasteiger partial charge is 0.504 e. The molecular weight excluding hydrogens is 568 g/mol. The highest BCUT2D eigenvalue weighted by Crippen LogP contribution is 2.41. The summed E-state index contributed by atoms with van der Waals surface area (Å²) in [5.41, 5.74) is 0.571. The molecule has 216 valence electrons. The van der Waals surface area contributed by atoms with Gasteiger partial charge in [0.2, 0.25) is 4.91 Å². The number of sulfonamides is 2. The SMILES string of the molecule is CCOC(=O)C1=C(Nc2csc(S(=O)(=O)N(CC)CC)c2O)C(N[C@H](CC)c2cc(C(C)C)co2)=NS1(=O)=O. The first-order valence-corrected chi connectivity index (χ1v) is 16.3. The summed E-state index contributed by atoms with van der Waals surface area (Å²) in [7, 11) is -8.50. The minimum atomic E-state index is -4.49. The third-order valence-electron chi connectivity index (χ3n) is 6.04. The highest BCUT2D eigenvalue weighted by Gasteiger charge is 2.40. The molecule has 1 atom stereocenters. The fourth-order valence-corrected chi connectivity index (χ4v) is 7.86. The van der Waals surface area contributed by atoms with Gasteiger partial charge in [0.05, 0.1) is 24.6 Å². The number of nitrogens with one attached hydrogen (secondary N) is 2. The molecule has 39 heavy (non-hydrogen) atoms. The van der Waals surface area contributed by atoms with Crippen molar-refractivity contribution in [1.82, 2.24) is 9.62 Å². The van der Waals surface area contributed by atoms with Gasteiger partial charge in [0.1, 0.15) is 11.5 Å². The van der Waals surface area contributed by atoms with E-state index in [0.717, 1.165) is 16.9 Å². The molecule has 2 aromatic heterocycles. The predicted molar refractivity (Wildman–Crippen MR) is 149 cm³/mol. The fourth-order valence-electron chi connectivity index (χ4n) is 3.88. The second-order valence-electron chi connectivity index (χ2n) is 8.88. The standard InChI is InChI=1S/C24H34N4O8S3/c1-7-16(18-11-15(12-36-18)14(5)6)26-22-19(21(23(30)35-10-4)38(31,32)27-22)25-17-13-37-24(20(17)29)39(33,34)28(8-2)9-3/h11-14,16,25,29H,7-10H2,1-6H3,(H,26,27)/t16-/m1/s1. The van der Waals surface area contributed by atoms with Crippen LogP contribution in [0.15, 0.2) is 41.3 Å². The molecule has 0 spiro atoms. The summed E-state index contributed by atoms with van der Waals surface area (Å²) in [6.07, 6.45) is 2.10. The number of rotatable bonds is 12. The summed E-state index contributed by atoms with van der Waals surface area (Å²) in [4.78, 5) is 12.0. The van der Waals surface area contributed by atoms with Crippen LogP contribution in [0.3, 0.4) is 0 Å². The highest BCUT2D eigenvalue weighted by molar-refractivity contribution is 7.95. The minimum Gasteiger partial charge on any atom is -0.504 e. The number of ether oxygens (including phenoxy) is 1. The second kappa shape index (κ2) is 12.1. The Morgan fingerprint density at radius 3 is 2.44 bits per heavy atom. The number of nitrogens with zero attached hydrogens (tertiary/aromatic N) is 2. The Balaban J connectivity index is 2.07. The van der Waals surface area contributed by atoms with E-state index in [-0.39, 0.29) is 47.0 Å². The lowest BCUT2D eigenvalue weighted by molar-refractivity contribution is -0.137. The molecule has 3 rings (SSSR count). The van der Waals surface area contributed by atoms with E-state index < -0.39 is 42.7 Å². The monoisotopic (exact) mass is 602 g/mol. The molecule has 0 bridgehead atoms. The van der Waals surface area contributed by atoms with Gasteiger partial charge in [-0.3, -0.25) is 0 Å². The molecule has 0 radical (unpaired) electrons. The van der Waals surface area contributed by atoms with Crippen LogP contribution in [-0.2, 0) is 29.6 Å². The molecule has 3 N–H and O–H groups in total. The van der Waals surface area contributed by atoms with Crippen LogP contribution in [0.25, 0.3) is 0 Å². The van der Waals surface area contributed by atoms with Gasteiger partial charge in [-0.1, -0.05) is 34.6 Å². The van der Waals surface area contributed by atoms with E-state index in [9.17, 15) is 26.7 Å². The van der Waals surface area contributed by atoms with Crippen LogP contribution in [0.5, 0.6) is 5.75 Å². The first kappa shape index (κ1) is 30.7. The van der Waals surface area contributed by atoms with Gasteiger partial charge >= 0.3 is 5.97 Å². The zero-order valence-electron chi connectivity index (χ0n) is 22.6. The fraction of sp³-hybridized carbons (Fsp3) is 0.500. The number of hydrogen-bond acceptors (Lipinski definition) is 11. The molecule has 1 aliphatic heterocycles. The molecule has 0 amide bonds. The molecule has 12 nitrogen and oxygen atoms in total. The number of amidine groups is 1. The van der Waals surface area contributed by atoms with Crippen LogP contribution in [0, 0.1) is 0 Å². The molecule has 3 heterocycles. The number of carbonyl (C=O) groups is 1. The lowest BCUT2D eigenvalue weighted by Crippen LogP contribution is -2.31. The number of furan rings is 1. The van der Waals surface area contributed by atoms with E-state index in [4.69, 9.17) is 9.15 Å². The summed E-state index contributed by atoms with van der Waals surface area (Å²) in [6.45, 7) is 11.0. The van der Waals surface area contributed by atoms with Crippen LogP contribution >= 0.6 is 11.3 Å². The molecule has 0 fully saturated rings. The average molecular weight is 603 g/mol. The third-order valence-corrected chi connectivity index (χ3v) is 10.9. The van der Waals surface area contributed by atoms with Crippen LogP contribution in [0.1, 0.15) is 71.2 Å². The van der Waals surface area contributed by atoms with Crippen LogP contribution < -0.4 is 10.6 Å². The van der Waals surface area contributed by atoms with E-state index >= 15 is 0 Å². The maximum atomic E-state index is 13.0. The Labute approximate surface area is 232 Å². The lowest BCUT2D eigenvalue weighted by atomic mass is 10.1. The number of carbonyl (C=O) groups excluding carboxylic acids is 1. The Morgan fingerprint density at radius 2 is 1.90 bits per heavy atom. The number of aromatic hydroxyl groups is 1. The van der Waals surface area contributed by atoms with E-state index in [0.29, 0.717) is 12.2 Å². The van der Waals surface area contributed by atoms with Crippen LogP contribution in [0.4, 0.5) is 5.69 Å². The van der Waals surface area contributed by atoms with E-state index in [1.807, 2.05) is 26.8 Å². The van der Waals surface area contributed by atoms with Crippen molar-refractivity contribution in [3.63, 3.8) is 0 Å². The van der Waals surface area contributed by atoms with Gasteiger partial charge in [-0.2, -0.15) is 12.7 Å². The number of esters is 1. The van der Waals surface area contributed by atoms with Crippen molar-refractivity contribution in [2.75, 3.05) is 25.0 Å². The summed E-state index contributed by atoms with van der Waals surface area (Å²) in [6, 6.07) is 1.34. The molecule has 0 saturated heterocycles. The first-order valence-electron chi connectivity index (χ1n) is 12.5. The zero-order valence-corrected chi connectivity index (χ0v) is 25.1. The number of thiophene rings is 1. The van der Waals surface area contributed by atoms with Crippen molar-refractivity contribution in [2.24, 2.45) is 4.40 Å². The van der Waals surface area contributed by atoms with Gasteiger partial charge < -0.3 is 24.9 Å². The molecule has 2 aromatic rings. The maximum absolute atomic E-state index is 13.0. The van der Waals surface area contributed by atoms with Gasteiger partial charge in [-0.25, -0.2) is 13.2 Å². The Bertz CT molecular complexity index is 1480. The summed E-state index contributed by atoms with van der Waals surface area (Å²) in [5.74, 6) is -1.20. The van der Waals surface area contributed by atoms with Crippen LogP contribution in [-0.4, -0.2) is 57.7 Å². The molecule has 0 aromatic carbocycles. The first-order chi connectivity index (χ1) is 18.3. The van der Waals surface area contributed by atoms with E-state index in [2.05, 4.69) is 15.0 Å². The molecular formula is C24H34N4O8S3. The maximum Gasteiger partial charge on any atom is 0.354 e. The number of hydrogen-bond donors (Lipinski definition) is 3. The summed E-state index contributed by atoms with van der Waals surface area (Å²) < 4.78 is 67.3. The van der Waals surface area contributed by atoms with Crippen molar-refractivity contribution >= 4 is 48.9 Å². The lowest BCUT2D eigenvalue weighted by Gasteiger charge is -2.19. The molecule has 1 aliphatic rings. The second-order valence-corrected chi connectivity index (χ2v) is 13.4. The van der Waals surface area contributed by atoms with Gasteiger partial charge in [-0.05, 0) is 30.9 Å². The predicted octanol–water partition coefficient (Wildman–Crippen LogP) is 3.87. The zero-order chi connectivity index (χ0) is 29.1. The van der Waals surface area contributed by atoms with E-state index in [1.165, 1.54) is 16.6 Å².